The number of halogens is 1. The Kier molecular flexibility index (Phi) is 5.07. The van der Waals surface area contributed by atoms with Crippen LogP contribution in [0.5, 0.6) is 5.88 Å². The minimum absolute atomic E-state index is 0.0405. The number of thiazole rings is 1. The first-order chi connectivity index (χ1) is 10.0. The van der Waals surface area contributed by atoms with Crippen LogP contribution in [0.1, 0.15) is 11.8 Å². The summed E-state index contributed by atoms with van der Waals surface area (Å²) >= 11 is 4.79. The van der Waals surface area contributed by atoms with Crippen LogP contribution in [0.15, 0.2) is 22.2 Å². The lowest BCUT2D eigenvalue weighted by atomic mass is 10.3. The van der Waals surface area contributed by atoms with Crippen molar-refractivity contribution >= 4 is 38.8 Å². The number of nitrogens with zero attached hydrogens (tertiary/aromatic N) is 4. The van der Waals surface area contributed by atoms with Gasteiger partial charge in [0.15, 0.2) is 3.92 Å². The topological polar surface area (TPSA) is 81.4 Å². The molecule has 9 heteroatoms. The minimum atomic E-state index is -0.437. The summed E-state index contributed by atoms with van der Waals surface area (Å²) in [4.78, 5) is 21.9. The average molecular weight is 373 g/mol. The molecule has 2 heterocycles. The first kappa shape index (κ1) is 15.6. The average Bonchev–Trinajstić information content (AvgIpc) is 2.89. The molecule has 0 atom stereocenters. The van der Waals surface area contributed by atoms with E-state index in [1.54, 1.807) is 6.20 Å². The lowest BCUT2D eigenvalue weighted by Gasteiger charge is -2.21. The highest BCUT2D eigenvalue weighted by Gasteiger charge is 2.22. The fraction of sp³-hybridized carbons (Fsp3) is 0.333. The van der Waals surface area contributed by atoms with Crippen molar-refractivity contribution < 1.29 is 9.66 Å². The van der Waals surface area contributed by atoms with E-state index >= 15 is 0 Å². The summed E-state index contributed by atoms with van der Waals surface area (Å²) in [5, 5.41) is 11.2. The van der Waals surface area contributed by atoms with Crippen LogP contribution in [0.4, 0.5) is 11.5 Å². The Balaban J connectivity index is 2.37. The van der Waals surface area contributed by atoms with Crippen LogP contribution in [0.25, 0.3) is 0 Å². The second kappa shape index (κ2) is 6.81. The van der Waals surface area contributed by atoms with E-state index in [0.717, 1.165) is 8.79 Å². The molecule has 0 radical (unpaired) electrons. The van der Waals surface area contributed by atoms with E-state index in [2.05, 4.69) is 25.9 Å². The van der Waals surface area contributed by atoms with E-state index in [1.807, 2.05) is 11.8 Å². The van der Waals surface area contributed by atoms with Crippen LogP contribution in [-0.2, 0) is 6.54 Å². The summed E-state index contributed by atoms with van der Waals surface area (Å²) in [5.41, 5.74) is -0.0405. The Morgan fingerprint density at radius 1 is 1.52 bits per heavy atom. The van der Waals surface area contributed by atoms with Crippen molar-refractivity contribution in [1.82, 2.24) is 9.97 Å². The summed E-state index contributed by atoms with van der Waals surface area (Å²) < 4.78 is 5.84. The maximum atomic E-state index is 11.2. The third-order valence-electron chi connectivity index (χ3n) is 2.79. The molecule has 0 unspecified atom stereocenters. The van der Waals surface area contributed by atoms with Crippen LogP contribution in [0, 0.1) is 10.1 Å². The van der Waals surface area contributed by atoms with Gasteiger partial charge < -0.3 is 9.64 Å². The molecule has 0 aliphatic heterocycles. The Labute approximate surface area is 133 Å². The summed E-state index contributed by atoms with van der Waals surface area (Å²) in [5.74, 6) is 0.644. The molecular formula is C12H13BrN4O3S. The Morgan fingerprint density at radius 2 is 2.29 bits per heavy atom. The third kappa shape index (κ3) is 3.67. The van der Waals surface area contributed by atoms with Gasteiger partial charge in [0, 0.05) is 29.8 Å². The number of hydrogen-bond acceptors (Lipinski definition) is 7. The quantitative estimate of drug-likeness (QED) is 0.571. The van der Waals surface area contributed by atoms with Gasteiger partial charge in [0.2, 0.25) is 11.7 Å². The van der Waals surface area contributed by atoms with Crippen molar-refractivity contribution in [2.75, 3.05) is 18.6 Å². The molecule has 2 rings (SSSR count). The largest absolute Gasteiger partial charge is 0.481 e. The molecule has 0 bridgehead atoms. The van der Waals surface area contributed by atoms with Crippen LogP contribution in [-0.4, -0.2) is 28.5 Å². The first-order valence-electron chi connectivity index (χ1n) is 6.09. The smallest absolute Gasteiger partial charge is 0.311 e. The maximum Gasteiger partial charge on any atom is 0.311 e. The van der Waals surface area contributed by atoms with Gasteiger partial charge in [-0.15, -0.1) is 11.3 Å². The van der Waals surface area contributed by atoms with Gasteiger partial charge in [-0.25, -0.2) is 4.98 Å². The van der Waals surface area contributed by atoms with Gasteiger partial charge in [0.25, 0.3) is 0 Å². The van der Waals surface area contributed by atoms with Crippen molar-refractivity contribution in [3.05, 3.63) is 37.2 Å². The zero-order valence-corrected chi connectivity index (χ0v) is 13.8. The molecule has 0 aliphatic carbocycles. The Morgan fingerprint density at radius 3 is 2.81 bits per heavy atom. The van der Waals surface area contributed by atoms with E-state index in [9.17, 15) is 10.1 Å². The minimum Gasteiger partial charge on any atom is -0.481 e. The zero-order chi connectivity index (χ0) is 15.4. The lowest BCUT2D eigenvalue weighted by Crippen LogP contribution is -2.23. The SMILES string of the molecule is CCN(Cc1cnc(Br)s1)c1nc(OC)ccc1[N+](=O)[O-]. The predicted octanol–water partition coefficient (Wildman–Crippen LogP) is 3.24. The van der Waals surface area contributed by atoms with Gasteiger partial charge in [0.1, 0.15) is 0 Å². The highest BCUT2D eigenvalue weighted by molar-refractivity contribution is 9.11. The highest BCUT2D eigenvalue weighted by Crippen LogP contribution is 2.30. The number of ether oxygens (including phenoxy) is 1. The number of pyridine rings is 1. The van der Waals surface area contributed by atoms with Crippen molar-refractivity contribution in [2.45, 2.75) is 13.5 Å². The number of aromatic nitrogens is 2. The molecule has 0 aliphatic rings. The number of methoxy groups -OCH3 is 1. The second-order valence-electron chi connectivity index (χ2n) is 4.05. The molecule has 21 heavy (non-hydrogen) atoms. The predicted molar refractivity (Wildman–Crippen MR) is 84.0 cm³/mol. The maximum absolute atomic E-state index is 11.2. The second-order valence-corrected chi connectivity index (χ2v) is 6.44. The van der Waals surface area contributed by atoms with Crippen LogP contribution in [0.2, 0.25) is 0 Å². The van der Waals surface area contributed by atoms with Crippen LogP contribution >= 0.6 is 27.3 Å². The molecule has 2 aromatic heterocycles. The molecular weight excluding hydrogens is 360 g/mol. The molecule has 0 saturated carbocycles. The van der Waals surface area contributed by atoms with E-state index in [1.165, 1.54) is 30.6 Å². The van der Waals surface area contributed by atoms with Gasteiger partial charge in [-0.1, -0.05) is 0 Å². The van der Waals surface area contributed by atoms with E-state index in [0.29, 0.717) is 24.8 Å². The molecule has 0 amide bonds. The summed E-state index contributed by atoms with van der Waals surface area (Å²) in [7, 11) is 1.48. The van der Waals surface area contributed by atoms with E-state index in [4.69, 9.17) is 4.74 Å². The lowest BCUT2D eigenvalue weighted by molar-refractivity contribution is -0.384. The van der Waals surface area contributed by atoms with Crippen LogP contribution in [0.3, 0.4) is 0 Å². The number of hydrogen-bond donors (Lipinski definition) is 0. The molecule has 112 valence electrons. The number of rotatable bonds is 6. The molecule has 0 fully saturated rings. The third-order valence-corrected chi connectivity index (χ3v) is 4.25. The molecule has 0 aromatic carbocycles. The standard InChI is InChI=1S/C12H13BrN4O3S/c1-3-16(7-8-6-14-12(13)21-8)11-9(17(18)19)4-5-10(15-11)20-2/h4-6H,3,7H2,1-2H3. The monoisotopic (exact) mass is 372 g/mol. The fourth-order valence-electron chi connectivity index (χ4n) is 1.79. The molecule has 2 aromatic rings. The number of anilines is 1. The van der Waals surface area contributed by atoms with Gasteiger partial charge in [-0.05, 0) is 22.9 Å². The van der Waals surface area contributed by atoms with Gasteiger partial charge >= 0.3 is 5.69 Å². The number of nitro groups is 1. The summed E-state index contributed by atoms with van der Waals surface area (Å²) in [6.07, 6.45) is 1.74. The normalized spacial score (nSPS) is 10.4. The highest BCUT2D eigenvalue weighted by atomic mass is 79.9. The summed E-state index contributed by atoms with van der Waals surface area (Å²) in [6.45, 7) is 3.00. The van der Waals surface area contributed by atoms with Crippen molar-refractivity contribution in [1.29, 1.82) is 0 Å². The Hall–Kier alpha value is -1.74. The molecule has 0 saturated heterocycles. The van der Waals surface area contributed by atoms with Crippen molar-refractivity contribution in [2.24, 2.45) is 0 Å². The van der Waals surface area contributed by atoms with Crippen LogP contribution < -0.4 is 9.64 Å². The van der Waals surface area contributed by atoms with Gasteiger partial charge in [-0.2, -0.15) is 4.98 Å². The molecule has 0 N–H and O–H groups in total. The van der Waals surface area contributed by atoms with E-state index < -0.39 is 4.92 Å². The Bertz CT molecular complexity index is 649. The molecule has 0 spiro atoms. The molecule has 7 nitrogen and oxygen atoms in total. The van der Waals surface area contributed by atoms with E-state index in [-0.39, 0.29) is 5.69 Å². The van der Waals surface area contributed by atoms with Gasteiger partial charge in [-0.3, -0.25) is 10.1 Å². The first-order valence-corrected chi connectivity index (χ1v) is 7.70. The summed E-state index contributed by atoms with van der Waals surface area (Å²) in [6, 6.07) is 2.89. The fourth-order valence-corrected chi connectivity index (χ4v) is 3.17. The van der Waals surface area contributed by atoms with Crippen molar-refractivity contribution in [3.8, 4) is 5.88 Å². The van der Waals surface area contributed by atoms with Gasteiger partial charge in [0.05, 0.1) is 18.6 Å². The van der Waals surface area contributed by atoms with Crippen molar-refractivity contribution in [3.63, 3.8) is 0 Å². The zero-order valence-electron chi connectivity index (χ0n) is 11.4.